The van der Waals surface area contributed by atoms with Crippen LogP contribution in [0.3, 0.4) is 0 Å². The van der Waals surface area contributed by atoms with Crippen molar-refractivity contribution < 1.29 is 27.1 Å². The van der Waals surface area contributed by atoms with Crippen molar-refractivity contribution in [2.45, 2.75) is 45.3 Å². The van der Waals surface area contributed by atoms with Crippen LogP contribution in [0, 0.1) is 0 Å². The first kappa shape index (κ1) is 23.6. The number of benzene rings is 1. The molecule has 2 heterocycles. The largest absolute Gasteiger partial charge is 0.444 e. The summed E-state index contributed by atoms with van der Waals surface area (Å²) < 4.78 is 58.0. The molecule has 3 rings (SSSR count). The lowest BCUT2D eigenvalue weighted by Crippen LogP contribution is -2.50. The van der Waals surface area contributed by atoms with Crippen LogP contribution in [0.15, 0.2) is 35.4 Å². The van der Waals surface area contributed by atoms with Crippen molar-refractivity contribution in [1.82, 2.24) is 19.2 Å². The van der Waals surface area contributed by atoms with E-state index >= 15 is 0 Å². The zero-order valence-electron chi connectivity index (χ0n) is 18.0. The summed E-state index contributed by atoms with van der Waals surface area (Å²) in [4.78, 5) is 28.1. The van der Waals surface area contributed by atoms with Gasteiger partial charge in [0.2, 0.25) is 0 Å². The van der Waals surface area contributed by atoms with Gasteiger partial charge in [0, 0.05) is 31.9 Å². The van der Waals surface area contributed by atoms with Gasteiger partial charge in [0.1, 0.15) is 18.5 Å². The molecule has 0 bridgehead atoms. The maximum atomic E-state index is 13.2. The molecule has 12 heteroatoms. The van der Waals surface area contributed by atoms with Gasteiger partial charge in [-0.05, 0) is 45.0 Å². The molecule has 176 valence electrons. The Kier molecular flexibility index (Phi) is 6.51. The molecular formula is C20H25F4N5O3. The first-order chi connectivity index (χ1) is 14.9. The monoisotopic (exact) mass is 459 g/mol. The second-order valence-corrected chi connectivity index (χ2v) is 8.47. The van der Waals surface area contributed by atoms with E-state index in [4.69, 9.17) is 4.74 Å². The van der Waals surface area contributed by atoms with Gasteiger partial charge in [-0.3, -0.25) is 0 Å². The maximum Gasteiger partial charge on any atom is 0.410 e. The van der Waals surface area contributed by atoms with Crippen molar-refractivity contribution in [3.8, 4) is 5.69 Å². The lowest BCUT2D eigenvalue weighted by Gasteiger charge is -2.36. The number of rotatable bonds is 5. The summed E-state index contributed by atoms with van der Waals surface area (Å²) in [5.74, 6) is -4.35. The molecule has 0 atom stereocenters. The number of alkyl halides is 4. The molecule has 1 aliphatic heterocycles. The van der Waals surface area contributed by atoms with Crippen LogP contribution in [0.2, 0.25) is 0 Å². The van der Waals surface area contributed by atoms with Gasteiger partial charge < -0.3 is 14.5 Å². The number of amides is 1. The van der Waals surface area contributed by atoms with Crippen LogP contribution in [0.25, 0.3) is 5.69 Å². The molecule has 1 amide bonds. The molecule has 1 aromatic heterocycles. The highest BCUT2D eigenvalue weighted by Crippen LogP contribution is 2.24. The molecule has 0 radical (unpaired) electrons. The summed E-state index contributed by atoms with van der Waals surface area (Å²) in [5, 5.41) is 3.52. The minimum Gasteiger partial charge on any atom is -0.444 e. The highest BCUT2D eigenvalue weighted by Gasteiger charge is 2.42. The lowest BCUT2D eigenvalue weighted by atomic mass is 10.2. The Morgan fingerprint density at radius 3 is 2.16 bits per heavy atom. The molecule has 1 aliphatic rings. The van der Waals surface area contributed by atoms with Gasteiger partial charge in [-0.1, -0.05) is 0 Å². The molecule has 0 N–H and O–H groups in total. The van der Waals surface area contributed by atoms with Gasteiger partial charge in [0.15, 0.2) is 0 Å². The normalized spacial score (nSPS) is 15.4. The summed E-state index contributed by atoms with van der Waals surface area (Å²) in [6.45, 7) is 6.06. The third-order valence-corrected chi connectivity index (χ3v) is 4.84. The standard InChI is InChI=1S/C20H25F4N5O3/c1-19(2,3)32-18(31)27-10-8-26(9-11-27)14-4-6-15(7-5-14)28-13-25-29(17(28)30)12-20(23,24)16(21)22/h4-7,13,16H,8-12H2,1-3H3. The van der Waals surface area contributed by atoms with E-state index in [1.54, 1.807) is 29.2 Å². The molecule has 1 fully saturated rings. The summed E-state index contributed by atoms with van der Waals surface area (Å²) in [6.07, 6.45) is -3.24. The maximum absolute atomic E-state index is 13.2. The number of hydrogen-bond acceptors (Lipinski definition) is 5. The first-order valence-electron chi connectivity index (χ1n) is 10.0. The topological polar surface area (TPSA) is 72.6 Å². The molecule has 0 unspecified atom stereocenters. The first-order valence-corrected chi connectivity index (χ1v) is 10.0. The zero-order chi connectivity index (χ0) is 23.7. The Hall–Kier alpha value is -3.05. The summed E-state index contributed by atoms with van der Waals surface area (Å²) >= 11 is 0. The van der Waals surface area contributed by atoms with E-state index in [1.165, 1.54) is 0 Å². The molecule has 0 saturated carbocycles. The van der Waals surface area contributed by atoms with Gasteiger partial charge in [0.05, 0.1) is 5.69 Å². The third-order valence-electron chi connectivity index (χ3n) is 4.84. The van der Waals surface area contributed by atoms with Gasteiger partial charge in [-0.25, -0.2) is 27.6 Å². The Balaban J connectivity index is 1.64. The van der Waals surface area contributed by atoms with E-state index in [0.29, 0.717) is 36.5 Å². The van der Waals surface area contributed by atoms with Crippen LogP contribution in [0.4, 0.5) is 28.0 Å². The number of piperazine rings is 1. The average Bonchev–Trinajstić information content (AvgIpc) is 3.06. The number of nitrogens with zero attached hydrogens (tertiary/aromatic N) is 5. The molecule has 1 saturated heterocycles. The Bertz CT molecular complexity index is 990. The van der Waals surface area contributed by atoms with E-state index < -0.39 is 30.2 Å². The van der Waals surface area contributed by atoms with Crippen LogP contribution >= 0.6 is 0 Å². The summed E-state index contributed by atoms with van der Waals surface area (Å²) in [6, 6.07) is 6.70. The third kappa shape index (κ3) is 5.40. The van der Waals surface area contributed by atoms with Gasteiger partial charge >= 0.3 is 24.1 Å². The van der Waals surface area contributed by atoms with Gasteiger partial charge in [-0.2, -0.15) is 13.9 Å². The molecule has 0 spiro atoms. The van der Waals surface area contributed by atoms with Crippen molar-refractivity contribution in [3.05, 3.63) is 41.1 Å². The van der Waals surface area contributed by atoms with Crippen molar-refractivity contribution in [3.63, 3.8) is 0 Å². The SMILES string of the molecule is CC(C)(C)OC(=O)N1CCN(c2ccc(-n3cnn(CC(F)(F)C(F)F)c3=O)cc2)CC1. The van der Waals surface area contributed by atoms with E-state index in [2.05, 4.69) is 10.00 Å². The number of aromatic nitrogens is 3. The van der Waals surface area contributed by atoms with Crippen molar-refractivity contribution in [2.75, 3.05) is 31.1 Å². The van der Waals surface area contributed by atoms with E-state index in [-0.39, 0.29) is 6.09 Å². The van der Waals surface area contributed by atoms with Crippen molar-refractivity contribution in [2.24, 2.45) is 0 Å². The molecule has 8 nitrogen and oxygen atoms in total. The fourth-order valence-corrected chi connectivity index (χ4v) is 3.19. The summed E-state index contributed by atoms with van der Waals surface area (Å²) in [5.41, 5.74) is -0.297. The van der Waals surface area contributed by atoms with Crippen LogP contribution in [0.5, 0.6) is 0 Å². The smallest absolute Gasteiger partial charge is 0.410 e. The molecule has 32 heavy (non-hydrogen) atoms. The predicted octanol–water partition coefficient (Wildman–Crippen LogP) is 2.99. The Labute approximate surface area is 182 Å². The van der Waals surface area contributed by atoms with E-state index in [9.17, 15) is 27.2 Å². The van der Waals surface area contributed by atoms with Gasteiger partial charge in [-0.15, -0.1) is 0 Å². The van der Waals surface area contributed by atoms with Crippen LogP contribution in [-0.2, 0) is 11.3 Å². The van der Waals surface area contributed by atoms with Gasteiger partial charge in [0.25, 0.3) is 0 Å². The second kappa shape index (κ2) is 8.83. The van der Waals surface area contributed by atoms with Crippen molar-refractivity contribution >= 4 is 11.8 Å². The summed E-state index contributed by atoms with van der Waals surface area (Å²) in [7, 11) is 0. The quantitative estimate of drug-likeness (QED) is 0.643. The van der Waals surface area contributed by atoms with Crippen LogP contribution < -0.4 is 10.6 Å². The number of hydrogen-bond donors (Lipinski definition) is 0. The number of ether oxygens (including phenoxy) is 1. The zero-order valence-corrected chi connectivity index (χ0v) is 18.0. The highest BCUT2D eigenvalue weighted by molar-refractivity contribution is 5.68. The van der Waals surface area contributed by atoms with Crippen molar-refractivity contribution in [1.29, 1.82) is 0 Å². The molecule has 0 aliphatic carbocycles. The predicted molar refractivity (Wildman–Crippen MR) is 109 cm³/mol. The number of carbonyl (C=O) groups is 1. The molecular weight excluding hydrogens is 434 g/mol. The number of halogens is 4. The van der Waals surface area contributed by atoms with Crippen LogP contribution in [-0.4, -0.2) is 69.5 Å². The number of anilines is 1. The minimum atomic E-state index is -4.35. The minimum absolute atomic E-state index is 0.315. The van der Waals surface area contributed by atoms with E-state index in [1.807, 2.05) is 20.8 Å². The molecule has 2 aromatic rings. The van der Waals surface area contributed by atoms with E-state index in [0.717, 1.165) is 16.6 Å². The highest BCUT2D eigenvalue weighted by atomic mass is 19.3. The lowest BCUT2D eigenvalue weighted by molar-refractivity contribution is -0.139. The average molecular weight is 459 g/mol. The number of carbonyl (C=O) groups excluding carboxylic acids is 1. The fraction of sp³-hybridized carbons (Fsp3) is 0.550. The Morgan fingerprint density at radius 2 is 1.62 bits per heavy atom. The Morgan fingerprint density at radius 1 is 1.06 bits per heavy atom. The second-order valence-electron chi connectivity index (χ2n) is 8.47. The molecule has 1 aromatic carbocycles. The fourth-order valence-electron chi connectivity index (χ4n) is 3.19. The van der Waals surface area contributed by atoms with Crippen LogP contribution in [0.1, 0.15) is 20.8 Å².